The first kappa shape index (κ1) is 15.2. The van der Waals surface area contributed by atoms with Crippen molar-refractivity contribution < 1.29 is 4.79 Å². The Morgan fingerprint density at radius 1 is 1.17 bits per heavy atom. The number of benzene rings is 1. The molecule has 1 N–H and O–H groups in total. The van der Waals surface area contributed by atoms with Gasteiger partial charge in [0.1, 0.15) is 5.15 Å². The second-order valence-electron chi connectivity index (χ2n) is 4.99. The largest absolute Gasteiger partial charge is 0.352 e. The molecule has 116 valence electrons. The van der Waals surface area contributed by atoms with E-state index in [0.717, 1.165) is 17.7 Å². The van der Waals surface area contributed by atoms with Gasteiger partial charge < -0.3 is 5.32 Å². The number of rotatable bonds is 5. The van der Waals surface area contributed by atoms with Gasteiger partial charge in [0.05, 0.1) is 5.69 Å². The van der Waals surface area contributed by atoms with Gasteiger partial charge in [0, 0.05) is 30.7 Å². The lowest BCUT2D eigenvalue weighted by Crippen LogP contribution is -2.25. The molecular weight excluding hydrogens is 312 g/mol. The molecule has 1 amide bonds. The predicted octanol–water partition coefficient (Wildman–Crippen LogP) is 2.89. The summed E-state index contributed by atoms with van der Waals surface area (Å²) in [6.45, 7) is 0.555. The predicted molar refractivity (Wildman–Crippen MR) is 88.8 cm³/mol. The average molecular weight is 327 g/mol. The minimum Gasteiger partial charge on any atom is -0.352 e. The molecule has 0 saturated heterocycles. The third-order valence-electron chi connectivity index (χ3n) is 3.39. The van der Waals surface area contributed by atoms with Gasteiger partial charge in [-0.3, -0.25) is 4.79 Å². The van der Waals surface area contributed by atoms with E-state index in [-0.39, 0.29) is 5.91 Å². The van der Waals surface area contributed by atoms with E-state index in [1.165, 1.54) is 6.20 Å². The van der Waals surface area contributed by atoms with Gasteiger partial charge in [-0.1, -0.05) is 23.7 Å². The van der Waals surface area contributed by atoms with Gasteiger partial charge in [0.2, 0.25) is 0 Å². The van der Waals surface area contributed by atoms with Gasteiger partial charge in [0.15, 0.2) is 0 Å². The fraction of sp³-hybridized carbons (Fsp3) is 0.118. The van der Waals surface area contributed by atoms with Crippen molar-refractivity contribution >= 4 is 17.5 Å². The van der Waals surface area contributed by atoms with E-state index in [4.69, 9.17) is 11.6 Å². The summed E-state index contributed by atoms with van der Waals surface area (Å²) in [5.41, 5.74) is 2.67. The van der Waals surface area contributed by atoms with Crippen LogP contribution in [0.4, 0.5) is 0 Å². The molecule has 5 nitrogen and oxygen atoms in total. The van der Waals surface area contributed by atoms with Crippen LogP contribution >= 0.6 is 11.6 Å². The number of hydrogen-bond acceptors (Lipinski definition) is 3. The molecular formula is C17H15ClN4O. The lowest BCUT2D eigenvalue weighted by atomic mass is 10.1. The van der Waals surface area contributed by atoms with E-state index in [1.807, 2.05) is 36.5 Å². The van der Waals surface area contributed by atoms with Crippen LogP contribution in [0.1, 0.15) is 15.9 Å². The maximum Gasteiger partial charge on any atom is 0.251 e. The molecule has 0 spiro atoms. The standard InChI is InChI=1S/C17H15ClN4O/c18-16-12-14(7-10-19-16)17(23)20-9-6-13-2-4-15(5-3-13)22-11-1-8-21-22/h1-5,7-8,10-12H,6,9H2,(H,20,23). The van der Waals surface area contributed by atoms with Gasteiger partial charge in [-0.2, -0.15) is 5.10 Å². The molecule has 1 aromatic carbocycles. The second kappa shape index (κ2) is 7.07. The van der Waals surface area contributed by atoms with Gasteiger partial charge in [0.25, 0.3) is 5.91 Å². The number of amides is 1. The Kier molecular flexibility index (Phi) is 4.68. The van der Waals surface area contributed by atoms with E-state index in [0.29, 0.717) is 17.3 Å². The number of aromatic nitrogens is 3. The zero-order valence-electron chi connectivity index (χ0n) is 12.3. The highest BCUT2D eigenvalue weighted by Crippen LogP contribution is 2.09. The summed E-state index contributed by atoms with van der Waals surface area (Å²) in [5.74, 6) is -0.150. The van der Waals surface area contributed by atoms with E-state index in [2.05, 4.69) is 15.4 Å². The summed E-state index contributed by atoms with van der Waals surface area (Å²) in [5, 5.41) is 7.37. The molecule has 2 aromatic heterocycles. The van der Waals surface area contributed by atoms with Gasteiger partial charge in [-0.15, -0.1) is 0 Å². The summed E-state index contributed by atoms with van der Waals surface area (Å²) in [4.78, 5) is 15.8. The summed E-state index contributed by atoms with van der Waals surface area (Å²) >= 11 is 5.78. The maximum atomic E-state index is 12.0. The van der Waals surface area contributed by atoms with Crippen molar-refractivity contribution in [3.8, 4) is 5.69 Å². The highest BCUT2D eigenvalue weighted by Gasteiger charge is 2.05. The van der Waals surface area contributed by atoms with Crippen molar-refractivity contribution in [3.05, 3.63) is 77.3 Å². The van der Waals surface area contributed by atoms with Gasteiger partial charge >= 0.3 is 0 Å². The number of halogens is 1. The molecule has 0 saturated carbocycles. The SMILES string of the molecule is O=C(NCCc1ccc(-n2cccn2)cc1)c1ccnc(Cl)c1. The number of carbonyl (C=O) groups excluding carboxylic acids is 1. The lowest BCUT2D eigenvalue weighted by Gasteiger charge is -2.07. The average Bonchev–Trinajstić information content (AvgIpc) is 3.10. The van der Waals surface area contributed by atoms with Crippen LogP contribution in [0.25, 0.3) is 5.69 Å². The fourth-order valence-corrected chi connectivity index (χ4v) is 2.38. The topological polar surface area (TPSA) is 59.8 Å². The Bertz CT molecular complexity index is 785. The molecule has 0 atom stereocenters. The minimum atomic E-state index is -0.150. The van der Waals surface area contributed by atoms with E-state index in [1.54, 1.807) is 23.0 Å². The maximum absolute atomic E-state index is 12.0. The van der Waals surface area contributed by atoms with Crippen molar-refractivity contribution in [1.82, 2.24) is 20.1 Å². The molecule has 23 heavy (non-hydrogen) atoms. The number of hydrogen-bond donors (Lipinski definition) is 1. The first-order chi connectivity index (χ1) is 11.2. The monoisotopic (exact) mass is 326 g/mol. The number of carbonyl (C=O) groups is 1. The number of pyridine rings is 1. The summed E-state index contributed by atoms with van der Waals surface area (Å²) in [6, 6.07) is 13.2. The van der Waals surface area contributed by atoms with Crippen LogP contribution in [0, 0.1) is 0 Å². The molecule has 0 unspecified atom stereocenters. The van der Waals surface area contributed by atoms with Crippen molar-refractivity contribution in [3.63, 3.8) is 0 Å². The Morgan fingerprint density at radius 2 is 2.00 bits per heavy atom. The fourth-order valence-electron chi connectivity index (χ4n) is 2.20. The first-order valence-corrected chi connectivity index (χ1v) is 7.59. The van der Waals surface area contributed by atoms with E-state index >= 15 is 0 Å². The van der Waals surface area contributed by atoms with Crippen LogP contribution in [0.3, 0.4) is 0 Å². The molecule has 0 fully saturated rings. The Labute approximate surface area is 138 Å². The second-order valence-corrected chi connectivity index (χ2v) is 5.38. The molecule has 2 heterocycles. The van der Waals surface area contributed by atoms with Crippen molar-refractivity contribution in [2.24, 2.45) is 0 Å². The molecule has 3 rings (SSSR count). The Balaban J connectivity index is 1.53. The number of nitrogens with zero attached hydrogens (tertiary/aromatic N) is 3. The van der Waals surface area contributed by atoms with Crippen LogP contribution in [0.5, 0.6) is 0 Å². The molecule has 6 heteroatoms. The quantitative estimate of drug-likeness (QED) is 0.733. The van der Waals surface area contributed by atoms with Crippen LogP contribution in [-0.2, 0) is 6.42 Å². The van der Waals surface area contributed by atoms with Crippen LogP contribution < -0.4 is 5.32 Å². The first-order valence-electron chi connectivity index (χ1n) is 7.21. The summed E-state index contributed by atoms with van der Waals surface area (Å²) < 4.78 is 1.80. The van der Waals surface area contributed by atoms with Crippen LogP contribution in [-0.4, -0.2) is 27.2 Å². The number of nitrogens with one attached hydrogen (secondary N) is 1. The van der Waals surface area contributed by atoms with Crippen molar-refractivity contribution in [1.29, 1.82) is 0 Å². The van der Waals surface area contributed by atoms with Crippen LogP contribution in [0.2, 0.25) is 5.15 Å². The molecule has 0 aliphatic carbocycles. The Morgan fingerprint density at radius 3 is 2.70 bits per heavy atom. The summed E-state index contributed by atoms with van der Waals surface area (Å²) in [7, 11) is 0. The lowest BCUT2D eigenvalue weighted by molar-refractivity contribution is 0.0954. The van der Waals surface area contributed by atoms with E-state index < -0.39 is 0 Å². The minimum absolute atomic E-state index is 0.150. The van der Waals surface area contributed by atoms with E-state index in [9.17, 15) is 4.79 Å². The van der Waals surface area contributed by atoms with Gasteiger partial charge in [-0.25, -0.2) is 9.67 Å². The normalized spacial score (nSPS) is 10.5. The Hall–Kier alpha value is -2.66. The van der Waals surface area contributed by atoms with Gasteiger partial charge in [-0.05, 0) is 42.3 Å². The molecule has 0 aliphatic heterocycles. The zero-order valence-corrected chi connectivity index (χ0v) is 13.1. The third kappa shape index (κ3) is 3.96. The smallest absolute Gasteiger partial charge is 0.251 e. The highest BCUT2D eigenvalue weighted by molar-refractivity contribution is 6.29. The zero-order chi connectivity index (χ0) is 16.1. The van der Waals surface area contributed by atoms with Crippen LogP contribution in [0.15, 0.2) is 61.1 Å². The third-order valence-corrected chi connectivity index (χ3v) is 3.60. The summed E-state index contributed by atoms with van der Waals surface area (Å²) in [6.07, 6.45) is 5.92. The molecule has 3 aromatic rings. The van der Waals surface area contributed by atoms with Crippen molar-refractivity contribution in [2.75, 3.05) is 6.54 Å². The molecule has 0 radical (unpaired) electrons. The highest BCUT2D eigenvalue weighted by atomic mass is 35.5. The van der Waals surface area contributed by atoms with Crippen molar-refractivity contribution in [2.45, 2.75) is 6.42 Å². The molecule has 0 bridgehead atoms. The molecule has 0 aliphatic rings.